The molecule has 0 radical (unpaired) electrons. The van der Waals surface area contributed by atoms with Gasteiger partial charge in [-0.15, -0.1) is 6.58 Å². The lowest BCUT2D eigenvalue weighted by molar-refractivity contribution is -0.117. The summed E-state index contributed by atoms with van der Waals surface area (Å²) in [4.78, 5) is 10.9. The van der Waals surface area contributed by atoms with Crippen molar-refractivity contribution < 1.29 is 4.79 Å². The molecule has 0 atom stereocenters. The van der Waals surface area contributed by atoms with Crippen molar-refractivity contribution in [2.24, 2.45) is 10.2 Å². The number of rotatable bonds is 7. The highest BCUT2D eigenvalue weighted by molar-refractivity contribution is 5.80. The fraction of sp³-hybridized carbons (Fsp3) is 0.625. The molecule has 4 nitrogen and oxygen atoms in total. The van der Waals surface area contributed by atoms with Crippen LogP contribution >= 0.6 is 0 Å². The van der Waals surface area contributed by atoms with Crippen LogP contribution in [0.2, 0.25) is 0 Å². The second-order valence-corrected chi connectivity index (χ2v) is 2.30. The summed E-state index contributed by atoms with van der Waals surface area (Å²) in [6, 6.07) is 0. The minimum Gasteiger partial charge on any atom is -0.313 e. The zero-order valence-electron chi connectivity index (χ0n) is 7.42. The van der Waals surface area contributed by atoms with Gasteiger partial charge in [-0.1, -0.05) is 6.08 Å². The van der Waals surface area contributed by atoms with Crippen LogP contribution in [0.25, 0.3) is 0 Å². The smallest absolute Gasteiger partial charge is 0.148 e. The number of carbonyl (C=O) groups excluding carboxylic acids is 1. The number of likely N-dealkylation sites (N-methyl/N-ethyl adjacent to an activating group) is 1. The molecular formula is C8H15N3O. The Morgan fingerprint density at radius 3 is 2.92 bits per heavy atom. The minimum absolute atomic E-state index is 0.162. The molecule has 0 aliphatic rings. The van der Waals surface area contributed by atoms with E-state index in [0.29, 0.717) is 26.1 Å². The van der Waals surface area contributed by atoms with E-state index >= 15 is 0 Å². The van der Waals surface area contributed by atoms with Gasteiger partial charge >= 0.3 is 0 Å². The Morgan fingerprint density at radius 2 is 2.33 bits per heavy atom. The molecule has 1 N–H and O–H groups in total. The molecule has 0 unspecified atom stereocenters. The minimum atomic E-state index is 0.162. The standard InChI is InChI=1S/C8H15N3O/c1-3-5-10-11-6-4-8(12)7-9-2/h3,9H,1,4-7H2,2H3. The van der Waals surface area contributed by atoms with Crippen molar-refractivity contribution in [1.29, 1.82) is 0 Å². The van der Waals surface area contributed by atoms with Crippen molar-refractivity contribution in [3.63, 3.8) is 0 Å². The van der Waals surface area contributed by atoms with E-state index in [1.807, 2.05) is 0 Å². The molecular weight excluding hydrogens is 154 g/mol. The highest BCUT2D eigenvalue weighted by atomic mass is 16.1. The van der Waals surface area contributed by atoms with E-state index in [-0.39, 0.29) is 5.78 Å². The van der Waals surface area contributed by atoms with Gasteiger partial charge < -0.3 is 5.32 Å². The van der Waals surface area contributed by atoms with Gasteiger partial charge in [-0.25, -0.2) is 0 Å². The van der Waals surface area contributed by atoms with Gasteiger partial charge in [0.25, 0.3) is 0 Å². The van der Waals surface area contributed by atoms with Gasteiger partial charge in [0, 0.05) is 6.42 Å². The first-order valence-electron chi connectivity index (χ1n) is 3.91. The van der Waals surface area contributed by atoms with E-state index < -0.39 is 0 Å². The van der Waals surface area contributed by atoms with E-state index in [1.54, 1.807) is 13.1 Å². The van der Waals surface area contributed by atoms with E-state index in [4.69, 9.17) is 0 Å². The molecule has 0 saturated heterocycles. The Morgan fingerprint density at radius 1 is 1.58 bits per heavy atom. The second kappa shape index (κ2) is 8.07. The molecule has 12 heavy (non-hydrogen) atoms. The maximum absolute atomic E-state index is 10.9. The number of nitrogens with one attached hydrogen (secondary N) is 1. The van der Waals surface area contributed by atoms with Gasteiger partial charge in [0.15, 0.2) is 0 Å². The maximum Gasteiger partial charge on any atom is 0.148 e. The molecule has 0 aromatic rings. The SMILES string of the molecule is C=CCN=NCCC(=O)CNC. The number of azo groups is 1. The first-order chi connectivity index (χ1) is 5.81. The number of carbonyl (C=O) groups is 1. The summed E-state index contributed by atoms with van der Waals surface area (Å²) in [6.07, 6.45) is 2.13. The second-order valence-electron chi connectivity index (χ2n) is 2.30. The predicted molar refractivity (Wildman–Crippen MR) is 48.3 cm³/mol. The summed E-state index contributed by atoms with van der Waals surface area (Å²) in [5.41, 5.74) is 0. The van der Waals surface area contributed by atoms with Gasteiger partial charge in [-0.3, -0.25) is 4.79 Å². The topological polar surface area (TPSA) is 53.8 Å². The number of nitrogens with zero attached hydrogens (tertiary/aromatic N) is 2. The van der Waals surface area contributed by atoms with Crippen LogP contribution in [0.15, 0.2) is 22.9 Å². The molecule has 0 fully saturated rings. The Balaban J connectivity index is 3.29. The third-order valence-corrected chi connectivity index (χ3v) is 1.18. The third-order valence-electron chi connectivity index (χ3n) is 1.18. The lowest BCUT2D eigenvalue weighted by Crippen LogP contribution is -2.18. The zero-order valence-corrected chi connectivity index (χ0v) is 7.42. The van der Waals surface area contributed by atoms with Crippen molar-refractivity contribution in [1.82, 2.24) is 5.32 Å². The molecule has 68 valence electrons. The largest absolute Gasteiger partial charge is 0.313 e. The third kappa shape index (κ3) is 7.08. The monoisotopic (exact) mass is 169 g/mol. The van der Waals surface area contributed by atoms with Crippen LogP contribution in [-0.2, 0) is 4.79 Å². The van der Waals surface area contributed by atoms with Crippen LogP contribution in [-0.4, -0.2) is 32.5 Å². The van der Waals surface area contributed by atoms with Gasteiger partial charge in [-0.05, 0) is 7.05 Å². The van der Waals surface area contributed by atoms with Gasteiger partial charge in [0.2, 0.25) is 0 Å². The quantitative estimate of drug-likeness (QED) is 0.453. The van der Waals surface area contributed by atoms with Gasteiger partial charge in [-0.2, -0.15) is 10.2 Å². The fourth-order valence-electron chi connectivity index (χ4n) is 0.646. The molecule has 0 aliphatic carbocycles. The molecule has 0 spiro atoms. The summed E-state index contributed by atoms with van der Waals surface area (Å²) in [6.45, 7) is 4.91. The zero-order chi connectivity index (χ0) is 9.23. The predicted octanol–water partition coefficient (Wildman–Crippen LogP) is 0.803. The van der Waals surface area contributed by atoms with Crippen LogP contribution in [0.3, 0.4) is 0 Å². The average Bonchev–Trinajstić information content (AvgIpc) is 2.05. The summed E-state index contributed by atoms with van der Waals surface area (Å²) in [5.74, 6) is 0.162. The molecule has 0 amide bonds. The summed E-state index contributed by atoms with van der Waals surface area (Å²) >= 11 is 0. The number of ketones is 1. The van der Waals surface area contributed by atoms with Crippen LogP contribution in [0.1, 0.15) is 6.42 Å². The fourth-order valence-corrected chi connectivity index (χ4v) is 0.646. The van der Waals surface area contributed by atoms with Crippen LogP contribution in [0.5, 0.6) is 0 Å². The average molecular weight is 169 g/mol. The van der Waals surface area contributed by atoms with Gasteiger partial charge in [0.1, 0.15) is 5.78 Å². The van der Waals surface area contributed by atoms with Crippen LogP contribution in [0.4, 0.5) is 0 Å². The summed E-state index contributed by atoms with van der Waals surface area (Å²) in [7, 11) is 1.75. The summed E-state index contributed by atoms with van der Waals surface area (Å²) in [5, 5.41) is 10.3. The number of Topliss-reactive ketones (excluding diaryl/α,β-unsaturated/α-hetero) is 1. The number of hydrogen-bond acceptors (Lipinski definition) is 4. The molecule has 0 bridgehead atoms. The van der Waals surface area contributed by atoms with Crippen LogP contribution < -0.4 is 5.32 Å². The lowest BCUT2D eigenvalue weighted by Gasteiger charge is -1.94. The van der Waals surface area contributed by atoms with E-state index in [9.17, 15) is 4.79 Å². The Bertz CT molecular complexity index is 166. The van der Waals surface area contributed by atoms with Crippen molar-refractivity contribution in [2.45, 2.75) is 6.42 Å². The van der Waals surface area contributed by atoms with Crippen molar-refractivity contribution in [2.75, 3.05) is 26.7 Å². The molecule has 0 aromatic heterocycles. The first kappa shape index (κ1) is 11.0. The van der Waals surface area contributed by atoms with E-state index in [2.05, 4.69) is 22.1 Å². The molecule has 0 saturated carbocycles. The van der Waals surface area contributed by atoms with Gasteiger partial charge in [0.05, 0.1) is 19.6 Å². The Kier molecular flexibility index (Phi) is 7.38. The maximum atomic E-state index is 10.9. The van der Waals surface area contributed by atoms with Crippen molar-refractivity contribution in [3.8, 4) is 0 Å². The van der Waals surface area contributed by atoms with Crippen molar-refractivity contribution >= 4 is 5.78 Å². The van der Waals surface area contributed by atoms with Crippen molar-refractivity contribution in [3.05, 3.63) is 12.7 Å². The molecule has 4 heteroatoms. The highest BCUT2D eigenvalue weighted by Crippen LogP contribution is 1.85. The summed E-state index contributed by atoms with van der Waals surface area (Å²) < 4.78 is 0. The highest BCUT2D eigenvalue weighted by Gasteiger charge is 1.97. The molecule has 0 aromatic carbocycles. The molecule has 0 aliphatic heterocycles. The molecule has 0 rings (SSSR count). The Hall–Kier alpha value is -1.03. The van der Waals surface area contributed by atoms with E-state index in [1.165, 1.54) is 0 Å². The van der Waals surface area contributed by atoms with E-state index in [0.717, 1.165) is 0 Å². The van der Waals surface area contributed by atoms with Crippen LogP contribution in [0, 0.1) is 0 Å². The number of hydrogen-bond donors (Lipinski definition) is 1. The Labute approximate surface area is 72.8 Å². The first-order valence-corrected chi connectivity index (χ1v) is 3.91. The molecule has 0 heterocycles. The normalized spacial score (nSPS) is 10.4. The lowest BCUT2D eigenvalue weighted by atomic mass is 10.3.